The first-order chi connectivity index (χ1) is 15.1. The van der Waals surface area contributed by atoms with Crippen LogP contribution in [0.4, 0.5) is 5.69 Å². The maximum atomic E-state index is 13.2. The minimum atomic E-state index is -0.0709. The van der Waals surface area contributed by atoms with Crippen LogP contribution in [-0.4, -0.2) is 13.2 Å². The molecule has 0 radical (unpaired) electrons. The zero-order valence-electron chi connectivity index (χ0n) is 17.0. The van der Waals surface area contributed by atoms with E-state index < -0.39 is 0 Å². The van der Waals surface area contributed by atoms with Crippen LogP contribution in [-0.2, 0) is 6.54 Å². The largest absolute Gasteiger partial charge is 0.487 e. The van der Waals surface area contributed by atoms with E-state index in [-0.39, 0.29) is 5.43 Å². The van der Waals surface area contributed by atoms with Crippen LogP contribution >= 0.6 is 11.6 Å². The van der Waals surface area contributed by atoms with Crippen LogP contribution < -0.4 is 15.1 Å². The molecular weight excluding hydrogens is 410 g/mol. The molecule has 0 amide bonds. The normalized spacial score (nSPS) is 10.9. The minimum absolute atomic E-state index is 0.0709. The number of hydrogen-bond donors (Lipinski definition) is 0. The van der Waals surface area contributed by atoms with Gasteiger partial charge in [0.15, 0.2) is 5.58 Å². The summed E-state index contributed by atoms with van der Waals surface area (Å²) in [5.41, 5.74) is 2.71. The summed E-state index contributed by atoms with van der Waals surface area (Å²) in [4.78, 5) is 15.2. The van der Waals surface area contributed by atoms with Crippen LogP contribution in [0.25, 0.3) is 21.9 Å². The van der Waals surface area contributed by atoms with E-state index in [0.29, 0.717) is 58.1 Å². The third-order valence-corrected chi connectivity index (χ3v) is 5.24. The number of anilines is 1. The average Bonchev–Trinajstić information content (AvgIpc) is 2.78. The second-order valence-electron chi connectivity index (χ2n) is 7.11. The molecule has 0 aliphatic heterocycles. The Hall–Kier alpha value is -3.50. The molecule has 4 nitrogen and oxygen atoms in total. The van der Waals surface area contributed by atoms with E-state index in [2.05, 4.69) is 18.1 Å². The lowest BCUT2D eigenvalue weighted by molar-refractivity contribution is 0.363. The SMILES string of the molecule is C=CCOc1ccc2c(=O)c3ccccc3oc2c1N(CC=C)Cc1ccc(Cl)cc1. The zero-order valence-corrected chi connectivity index (χ0v) is 17.8. The van der Waals surface area contributed by atoms with Crippen LogP contribution in [0, 0.1) is 0 Å². The lowest BCUT2D eigenvalue weighted by Crippen LogP contribution is -2.24. The molecule has 0 unspecified atom stereocenters. The van der Waals surface area contributed by atoms with Crippen molar-refractivity contribution < 1.29 is 9.15 Å². The maximum absolute atomic E-state index is 13.2. The van der Waals surface area contributed by atoms with Crippen molar-refractivity contribution in [2.75, 3.05) is 18.1 Å². The van der Waals surface area contributed by atoms with Crippen molar-refractivity contribution in [3.05, 3.63) is 107 Å². The van der Waals surface area contributed by atoms with Crippen molar-refractivity contribution in [3.8, 4) is 5.75 Å². The second-order valence-corrected chi connectivity index (χ2v) is 7.55. The van der Waals surface area contributed by atoms with E-state index in [1.54, 1.807) is 24.3 Å². The number of nitrogens with zero attached hydrogens (tertiary/aromatic N) is 1. The molecule has 0 spiro atoms. The Morgan fingerprint density at radius 3 is 2.48 bits per heavy atom. The number of para-hydroxylation sites is 1. The van der Waals surface area contributed by atoms with Crippen molar-refractivity contribution in [2.45, 2.75) is 6.54 Å². The monoisotopic (exact) mass is 431 g/mol. The van der Waals surface area contributed by atoms with Crippen LogP contribution in [0.1, 0.15) is 5.56 Å². The van der Waals surface area contributed by atoms with E-state index in [0.717, 1.165) is 5.56 Å². The van der Waals surface area contributed by atoms with Gasteiger partial charge in [-0.25, -0.2) is 0 Å². The lowest BCUT2D eigenvalue weighted by Gasteiger charge is -2.26. The van der Waals surface area contributed by atoms with E-state index >= 15 is 0 Å². The topological polar surface area (TPSA) is 42.7 Å². The third-order valence-electron chi connectivity index (χ3n) is 4.99. The minimum Gasteiger partial charge on any atom is -0.487 e. The van der Waals surface area contributed by atoms with Crippen LogP contribution in [0.3, 0.4) is 0 Å². The number of ether oxygens (including phenoxy) is 1. The molecule has 0 fully saturated rings. The summed E-state index contributed by atoms with van der Waals surface area (Å²) >= 11 is 6.05. The number of halogens is 1. The lowest BCUT2D eigenvalue weighted by atomic mass is 10.1. The van der Waals surface area contributed by atoms with E-state index in [1.165, 1.54) is 0 Å². The number of benzene rings is 3. The standard InChI is InChI=1S/C26H22ClNO3/c1-3-15-28(17-18-9-11-19(27)12-10-18)24-23(30-16-4-2)14-13-21-25(29)20-7-5-6-8-22(20)31-26(21)24/h3-14H,1-2,15-17H2. The van der Waals surface area contributed by atoms with Gasteiger partial charge in [-0.2, -0.15) is 0 Å². The highest BCUT2D eigenvalue weighted by molar-refractivity contribution is 6.30. The van der Waals surface area contributed by atoms with Gasteiger partial charge in [-0.1, -0.05) is 54.6 Å². The van der Waals surface area contributed by atoms with E-state index in [4.69, 9.17) is 20.8 Å². The molecule has 4 aromatic rings. The van der Waals surface area contributed by atoms with Gasteiger partial charge in [-0.15, -0.1) is 6.58 Å². The molecule has 1 heterocycles. The Bertz CT molecular complexity index is 1310. The molecule has 0 bridgehead atoms. The van der Waals surface area contributed by atoms with Crippen molar-refractivity contribution in [3.63, 3.8) is 0 Å². The first-order valence-electron chi connectivity index (χ1n) is 9.95. The fourth-order valence-electron chi connectivity index (χ4n) is 3.60. The molecule has 1 aromatic heterocycles. The number of hydrogen-bond acceptors (Lipinski definition) is 4. The van der Waals surface area contributed by atoms with Crippen LogP contribution in [0.15, 0.2) is 95.2 Å². The summed E-state index contributed by atoms with van der Waals surface area (Å²) in [6.07, 6.45) is 3.49. The molecule has 0 saturated carbocycles. The van der Waals surface area contributed by atoms with Gasteiger partial charge in [0.1, 0.15) is 23.6 Å². The van der Waals surface area contributed by atoms with Gasteiger partial charge in [0, 0.05) is 18.1 Å². The summed E-state index contributed by atoms with van der Waals surface area (Å²) in [5.74, 6) is 0.613. The Kier molecular flexibility index (Phi) is 6.10. The summed E-state index contributed by atoms with van der Waals surface area (Å²) in [6.45, 7) is 9.07. The highest BCUT2D eigenvalue weighted by Gasteiger charge is 2.21. The molecule has 3 aromatic carbocycles. The van der Waals surface area contributed by atoms with E-state index in [1.807, 2.05) is 48.5 Å². The van der Waals surface area contributed by atoms with Gasteiger partial charge >= 0.3 is 0 Å². The molecule has 156 valence electrons. The molecule has 0 saturated heterocycles. The second kappa shape index (κ2) is 9.11. The molecule has 5 heteroatoms. The van der Waals surface area contributed by atoms with Gasteiger partial charge in [0.2, 0.25) is 5.43 Å². The summed E-state index contributed by atoms with van der Waals surface area (Å²) in [7, 11) is 0. The van der Waals surface area contributed by atoms with Crippen LogP contribution in [0.5, 0.6) is 5.75 Å². The molecule has 0 aliphatic carbocycles. The van der Waals surface area contributed by atoms with Gasteiger partial charge in [0.25, 0.3) is 0 Å². The average molecular weight is 432 g/mol. The first kappa shape index (κ1) is 20.8. The third kappa shape index (κ3) is 4.21. The smallest absolute Gasteiger partial charge is 0.200 e. The van der Waals surface area contributed by atoms with E-state index in [9.17, 15) is 4.79 Å². The molecule has 0 aliphatic rings. The predicted molar refractivity (Wildman–Crippen MR) is 128 cm³/mol. The maximum Gasteiger partial charge on any atom is 0.200 e. The Morgan fingerprint density at radius 2 is 1.74 bits per heavy atom. The van der Waals surface area contributed by atoms with Gasteiger partial charge < -0.3 is 14.1 Å². The zero-order chi connectivity index (χ0) is 21.8. The molecule has 0 N–H and O–H groups in total. The van der Waals surface area contributed by atoms with Crippen molar-refractivity contribution in [1.29, 1.82) is 0 Å². The fraction of sp³-hybridized carbons (Fsp3) is 0.115. The molecular formula is C26H22ClNO3. The van der Waals surface area contributed by atoms with Gasteiger partial charge in [0.05, 0.1) is 10.8 Å². The number of fused-ring (bicyclic) bond motifs is 2. The summed E-state index contributed by atoms with van der Waals surface area (Å²) < 4.78 is 12.2. The highest BCUT2D eigenvalue weighted by Crippen LogP contribution is 2.38. The summed E-state index contributed by atoms with van der Waals surface area (Å²) in [5, 5.41) is 1.73. The highest BCUT2D eigenvalue weighted by atomic mass is 35.5. The van der Waals surface area contributed by atoms with Gasteiger partial charge in [-0.3, -0.25) is 4.79 Å². The molecule has 4 rings (SSSR count). The van der Waals surface area contributed by atoms with Crippen molar-refractivity contribution in [2.24, 2.45) is 0 Å². The van der Waals surface area contributed by atoms with Crippen molar-refractivity contribution >= 4 is 39.2 Å². The molecule has 31 heavy (non-hydrogen) atoms. The first-order valence-corrected chi connectivity index (χ1v) is 10.3. The Labute approximate surface area is 185 Å². The summed E-state index contributed by atoms with van der Waals surface area (Å²) in [6, 6.07) is 18.5. The predicted octanol–water partition coefficient (Wildman–Crippen LogP) is 6.36. The Morgan fingerprint density at radius 1 is 0.968 bits per heavy atom. The fourth-order valence-corrected chi connectivity index (χ4v) is 3.73. The number of rotatable bonds is 8. The van der Waals surface area contributed by atoms with Crippen LogP contribution in [0.2, 0.25) is 5.02 Å². The van der Waals surface area contributed by atoms with Crippen molar-refractivity contribution in [1.82, 2.24) is 0 Å². The molecule has 0 atom stereocenters. The Balaban J connectivity index is 1.95. The quantitative estimate of drug-likeness (QED) is 0.240. The van der Waals surface area contributed by atoms with Gasteiger partial charge in [-0.05, 0) is 42.0 Å².